The highest BCUT2D eigenvalue weighted by Gasteiger charge is 2.28. The summed E-state index contributed by atoms with van der Waals surface area (Å²) in [5.41, 5.74) is 18.1. The molecule has 0 aromatic heterocycles. The Labute approximate surface area is 239 Å². The van der Waals surface area contributed by atoms with Crippen molar-refractivity contribution >= 4 is 35.3 Å². The third kappa shape index (κ3) is 12.3. The molecule has 0 aliphatic carbocycles. The van der Waals surface area contributed by atoms with E-state index in [1.165, 1.54) is 18.2 Å². The number of alkyl halides is 3. The second-order valence-electron chi connectivity index (χ2n) is 9.20. The van der Waals surface area contributed by atoms with Gasteiger partial charge >= 0.3 is 6.18 Å². The number of aliphatic imine (C=N–C) groups is 1. The summed E-state index contributed by atoms with van der Waals surface area (Å²) in [6.07, 6.45) is -4.07. The minimum atomic E-state index is -4.49. The number of rotatable bonds is 14. The van der Waals surface area contributed by atoms with Crippen LogP contribution in [0, 0.1) is 0 Å². The molecule has 3 amide bonds. The fourth-order valence-electron chi connectivity index (χ4n) is 3.65. The van der Waals surface area contributed by atoms with Crippen LogP contribution in [0.1, 0.15) is 24.0 Å². The Morgan fingerprint density at radius 1 is 0.951 bits per heavy atom. The summed E-state index contributed by atoms with van der Waals surface area (Å²) in [7, 11) is 0. The molecule has 0 heterocycles. The van der Waals surface area contributed by atoms with Crippen LogP contribution in [0.5, 0.6) is 5.75 Å². The van der Waals surface area contributed by atoms with Gasteiger partial charge in [0, 0.05) is 19.4 Å². The Morgan fingerprint density at radius 3 is 2.20 bits per heavy atom. The molecule has 10 N–H and O–H groups in total. The maximum absolute atomic E-state index is 13.3. The van der Waals surface area contributed by atoms with Crippen molar-refractivity contribution in [1.82, 2.24) is 16.0 Å². The van der Waals surface area contributed by atoms with Crippen molar-refractivity contribution in [3.63, 3.8) is 0 Å². The summed E-state index contributed by atoms with van der Waals surface area (Å²) in [5, 5.41) is 17.4. The van der Waals surface area contributed by atoms with E-state index in [2.05, 4.69) is 20.9 Å². The summed E-state index contributed by atoms with van der Waals surface area (Å²) in [4.78, 5) is 41.4. The monoisotopic (exact) mass is 599 g/mol. The number of nitrogens with one attached hydrogen (secondary N) is 3. The van der Waals surface area contributed by atoms with Crippen molar-refractivity contribution in [2.75, 3.05) is 13.1 Å². The highest BCUT2D eigenvalue weighted by molar-refractivity contribution is 6.32. The van der Waals surface area contributed by atoms with Crippen LogP contribution >= 0.6 is 11.6 Å². The number of primary amides is 1. The Morgan fingerprint density at radius 2 is 1.59 bits per heavy atom. The lowest BCUT2D eigenvalue weighted by molar-refractivity contribution is -0.131. The van der Waals surface area contributed by atoms with Crippen LogP contribution < -0.4 is 33.2 Å². The number of carbonyl (C=O) groups is 3. The van der Waals surface area contributed by atoms with Crippen molar-refractivity contribution in [2.24, 2.45) is 22.2 Å². The number of amides is 3. The lowest BCUT2D eigenvalue weighted by Gasteiger charge is -2.24. The lowest BCUT2D eigenvalue weighted by Crippen LogP contribution is -2.56. The number of aromatic hydroxyl groups is 1. The molecule has 0 aliphatic heterocycles. The molecule has 2 rings (SSSR count). The van der Waals surface area contributed by atoms with Gasteiger partial charge in [0.05, 0.1) is 11.1 Å². The number of halogens is 4. The molecule has 15 heteroatoms. The normalized spacial score (nSPS) is 14.0. The predicted octanol–water partition coefficient (Wildman–Crippen LogP) is 0.860. The van der Waals surface area contributed by atoms with Crippen molar-refractivity contribution in [3.05, 3.63) is 64.7 Å². The van der Waals surface area contributed by atoms with Crippen molar-refractivity contribution < 1.29 is 32.7 Å². The fourth-order valence-corrected chi connectivity index (χ4v) is 3.85. The Bertz CT molecular complexity index is 1220. The van der Waals surface area contributed by atoms with Gasteiger partial charge < -0.3 is 38.3 Å². The molecule has 41 heavy (non-hydrogen) atoms. The average Bonchev–Trinajstić information content (AvgIpc) is 2.91. The molecule has 3 atom stereocenters. The maximum atomic E-state index is 13.3. The smallest absolute Gasteiger partial charge is 0.408 e. The van der Waals surface area contributed by atoms with Gasteiger partial charge in [-0.1, -0.05) is 48.0 Å². The Hall–Kier alpha value is -4.04. The van der Waals surface area contributed by atoms with Crippen LogP contribution in [0.4, 0.5) is 13.2 Å². The molecule has 11 nitrogen and oxygen atoms in total. The number of carbonyl (C=O) groups excluding carboxylic acids is 3. The van der Waals surface area contributed by atoms with Gasteiger partial charge in [-0.3, -0.25) is 14.4 Å². The Balaban J connectivity index is 2.06. The van der Waals surface area contributed by atoms with E-state index in [1.807, 2.05) is 0 Å². The van der Waals surface area contributed by atoms with E-state index >= 15 is 0 Å². The van der Waals surface area contributed by atoms with Gasteiger partial charge in [-0.25, -0.2) is 4.99 Å². The molecule has 0 saturated heterocycles. The summed E-state index contributed by atoms with van der Waals surface area (Å²) in [6, 6.07) is 9.79. The second kappa shape index (κ2) is 15.7. The van der Waals surface area contributed by atoms with Crippen molar-refractivity contribution in [3.8, 4) is 5.75 Å². The van der Waals surface area contributed by atoms with Gasteiger partial charge in [-0.05, 0) is 36.1 Å². The third-order valence-corrected chi connectivity index (χ3v) is 6.09. The van der Waals surface area contributed by atoms with E-state index in [9.17, 15) is 32.7 Å². The van der Waals surface area contributed by atoms with Gasteiger partial charge in [0.1, 0.15) is 24.4 Å². The molecule has 2 aromatic carbocycles. The average molecular weight is 600 g/mol. The number of phenols is 1. The number of hydrogen-bond acceptors (Lipinski definition) is 6. The summed E-state index contributed by atoms with van der Waals surface area (Å²) < 4.78 is 36.7. The van der Waals surface area contributed by atoms with Crippen LogP contribution in [0.2, 0.25) is 5.02 Å². The number of guanidine groups is 1. The van der Waals surface area contributed by atoms with E-state index in [0.29, 0.717) is 5.56 Å². The van der Waals surface area contributed by atoms with Gasteiger partial charge in [0.15, 0.2) is 5.96 Å². The summed E-state index contributed by atoms with van der Waals surface area (Å²) >= 11 is 5.99. The third-order valence-electron chi connectivity index (χ3n) is 5.79. The first-order valence-electron chi connectivity index (χ1n) is 12.5. The van der Waals surface area contributed by atoms with Gasteiger partial charge in [0.25, 0.3) is 0 Å². The highest BCUT2D eigenvalue weighted by atomic mass is 35.5. The first-order chi connectivity index (χ1) is 19.2. The largest absolute Gasteiger partial charge is 0.506 e. The Kier molecular flexibility index (Phi) is 12.7. The number of nitrogens with zero attached hydrogens (tertiary/aromatic N) is 1. The zero-order chi connectivity index (χ0) is 30.6. The quantitative estimate of drug-likeness (QED) is 0.0948. The zero-order valence-corrected chi connectivity index (χ0v) is 22.7. The van der Waals surface area contributed by atoms with Gasteiger partial charge in [0.2, 0.25) is 17.7 Å². The number of hydrogen-bond donors (Lipinski definition) is 7. The van der Waals surface area contributed by atoms with Crippen molar-refractivity contribution in [1.29, 1.82) is 0 Å². The van der Waals surface area contributed by atoms with Crippen LogP contribution in [0.25, 0.3) is 0 Å². The molecule has 0 radical (unpaired) electrons. The number of phenolic OH excluding ortho intramolecular Hbond substituents is 1. The van der Waals surface area contributed by atoms with E-state index < -0.39 is 54.5 Å². The molecule has 0 unspecified atom stereocenters. The minimum Gasteiger partial charge on any atom is -0.506 e. The first kappa shape index (κ1) is 33.2. The van der Waals surface area contributed by atoms with Gasteiger partial charge in [-0.2, -0.15) is 13.2 Å². The minimum absolute atomic E-state index is 0.0364. The van der Waals surface area contributed by atoms with Crippen LogP contribution in [0.3, 0.4) is 0 Å². The van der Waals surface area contributed by atoms with Crippen LogP contribution in [0.15, 0.2) is 53.5 Å². The summed E-state index contributed by atoms with van der Waals surface area (Å²) in [6.45, 7) is -1.32. The maximum Gasteiger partial charge on any atom is 0.408 e. The number of nitrogens with two attached hydrogens (primary N) is 3. The molecule has 2 aromatic rings. The second-order valence-corrected chi connectivity index (χ2v) is 9.60. The molecule has 0 aliphatic rings. The van der Waals surface area contributed by atoms with E-state index in [1.54, 1.807) is 30.3 Å². The highest BCUT2D eigenvalue weighted by Crippen LogP contribution is 2.24. The van der Waals surface area contributed by atoms with Crippen molar-refractivity contribution in [2.45, 2.75) is 50.0 Å². The topological polar surface area (TPSA) is 198 Å². The lowest BCUT2D eigenvalue weighted by atomic mass is 10.0. The first-order valence-corrected chi connectivity index (χ1v) is 12.9. The fraction of sp³-hybridized carbons (Fsp3) is 0.385. The van der Waals surface area contributed by atoms with Crippen LogP contribution in [-0.4, -0.2) is 66.2 Å². The van der Waals surface area contributed by atoms with E-state index in [-0.39, 0.29) is 43.0 Å². The predicted molar refractivity (Wildman–Crippen MR) is 148 cm³/mol. The molecule has 0 fully saturated rings. The summed E-state index contributed by atoms with van der Waals surface area (Å²) in [5.74, 6) is -2.74. The van der Waals surface area contributed by atoms with E-state index in [4.69, 9.17) is 28.8 Å². The molecule has 224 valence electrons. The molecule has 0 saturated carbocycles. The molecule has 0 spiro atoms. The standard InChI is InChI=1S/C26H33ClF3N7O4/c27-17-11-16(8-9-21(17)38)13-20(24(41)36-19(22(32)39)12-15-5-2-1-3-6-15)37-23(40)18(31)7-4-10-34-25(33)35-14-26(28,29)30/h1-3,5-6,8-9,11,18-20,38H,4,7,10,12-14,31H2,(H2,32,39)(H,36,41)(H,37,40)(H3,33,34,35)/t18-,19-,20-/m0/s1. The zero-order valence-electron chi connectivity index (χ0n) is 22.0. The van der Waals surface area contributed by atoms with Gasteiger partial charge in [-0.15, -0.1) is 0 Å². The molecular weight excluding hydrogens is 567 g/mol. The van der Waals surface area contributed by atoms with E-state index in [0.717, 1.165) is 5.56 Å². The molecule has 0 bridgehead atoms. The molecular formula is C26H33ClF3N7O4. The SMILES string of the molecule is NC(=O)[C@H](Cc1ccccc1)NC(=O)[C@H](Cc1ccc(O)c(Cl)c1)NC(=O)[C@@H](N)CCCNC(N)=NCC(F)(F)F. The van der Waals surface area contributed by atoms with Crippen LogP contribution in [-0.2, 0) is 27.2 Å². The number of benzene rings is 2.